The molecule has 0 fully saturated rings. The van der Waals surface area contributed by atoms with E-state index in [1.54, 1.807) is 24.3 Å². The van der Waals surface area contributed by atoms with Gasteiger partial charge in [-0.05, 0) is 30.3 Å². The maximum absolute atomic E-state index is 11.8. The van der Waals surface area contributed by atoms with Crippen molar-refractivity contribution in [3.05, 3.63) is 36.4 Å². The smallest absolute Gasteiger partial charge is 0.177 e. The minimum absolute atomic E-state index is 0.00770. The molecular weight excluding hydrogens is 290 g/mol. The second kappa shape index (κ2) is 4.49. The zero-order chi connectivity index (χ0) is 15.2. The zero-order valence-electron chi connectivity index (χ0n) is 11.2. The summed E-state index contributed by atoms with van der Waals surface area (Å²) in [4.78, 5) is 7.58. The van der Waals surface area contributed by atoms with Crippen molar-refractivity contribution in [2.24, 2.45) is 0 Å². The van der Waals surface area contributed by atoms with E-state index < -0.39 is 9.84 Å². The molecule has 0 atom stereocenters. The number of benzene rings is 2. The Hall–Kier alpha value is -2.54. The Morgan fingerprint density at radius 3 is 2.67 bits per heavy atom. The van der Waals surface area contributed by atoms with Crippen LogP contribution in [0.5, 0.6) is 5.75 Å². The van der Waals surface area contributed by atoms with Gasteiger partial charge in [-0.25, -0.2) is 13.4 Å². The van der Waals surface area contributed by atoms with Crippen LogP contribution in [0.3, 0.4) is 0 Å². The molecule has 0 aliphatic heterocycles. The van der Waals surface area contributed by atoms with E-state index in [4.69, 9.17) is 5.73 Å². The lowest BCUT2D eigenvalue weighted by Gasteiger charge is -2.01. The Bertz CT molecular complexity index is 945. The Morgan fingerprint density at radius 2 is 2.00 bits per heavy atom. The Labute approximate surface area is 121 Å². The number of nitrogen functional groups attached to an aromatic ring is 1. The monoisotopic (exact) mass is 303 g/mol. The topological polar surface area (TPSA) is 109 Å². The van der Waals surface area contributed by atoms with Crippen molar-refractivity contribution in [2.45, 2.75) is 4.90 Å². The number of para-hydroxylation sites is 1. The number of hydrogen-bond donors (Lipinski definition) is 3. The number of aromatic hydroxyl groups is 1. The fourth-order valence-electron chi connectivity index (χ4n) is 2.14. The molecule has 0 bridgehead atoms. The van der Waals surface area contributed by atoms with E-state index in [1.807, 2.05) is 0 Å². The molecule has 0 amide bonds. The van der Waals surface area contributed by atoms with Gasteiger partial charge < -0.3 is 15.8 Å². The summed E-state index contributed by atoms with van der Waals surface area (Å²) in [6.45, 7) is 0. The number of imidazole rings is 1. The van der Waals surface area contributed by atoms with Gasteiger partial charge in [-0.3, -0.25) is 0 Å². The van der Waals surface area contributed by atoms with Gasteiger partial charge in [0.05, 0.1) is 16.1 Å². The highest BCUT2D eigenvalue weighted by Crippen LogP contribution is 2.29. The molecule has 0 aliphatic carbocycles. The summed E-state index contributed by atoms with van der Waals surface area (Å²) >= 11 is 0. The van der Waals surface area contributed by atoms with Crippen LogP contribution in [0.1, 0.15) is 0 Å². The van der Waals surface area contributed by atoms with Gasteiger partial charge in [0.1, 0.15) is 17.1 Å². The molecule has 0 spiro atoms. The zero-order valence-corrected chi connectivity index (χ0v) is 12.0. The molecule has 0 saturated carbocycles. The molecule has 1 heterocycles. The lowest BCUT2D eigenvalue weighted by molar-refractivity contribution is 0.478. The summed E-state index contributed by atoms with van der Waals surface area (Å²) in [6.07, 6.45) is 1.15. The Balaban J connectivity index is 2.24. The van der Waals surface area contributed by atoms with E-state index in [9.17, 15) is 13.5 Å². The highest BCUT2D eigenvalue weighted by molar-refractivity contribution is 7.91. The molecule has 0 saturated heterocycles. The fourth-order valence-corrected chi connectivity index (χ4v) is 2.98. The first-order valence-corrected chi connectivity index (χ1v) is 8.03. The molecule has 0 aliphatic rings. The number of rotatable bonds is 2. The third kappa shape index (κ3) is 2.31. The summed E-state index contributed by atoms with van der Waals surface area (Å²) in [5.74, 6) is 0.486. The van der Waals surface area contributed by atoms with Crippen molar-refractivity contribution in [1.29, 1.82) is 0 Å². The normalized spacial score (nSPS) is 11.9. The summed E-state index contributed by atoms with van der Waals surface area (Å²) in [5, 5.41) is 9.45. The number of aromatic amines is 1. The Morgan fingerprint density at radius 1 is 1.24 bits per heavy atom. The highest BCUT2D eigenvalue weighted by Gasteiger charge is 2.16. The second-order valence-corrected chi connectivity index (χ2v) is 6.77. The summed E-state index contributed by atoms with van der Waals surface area (Å²) in [6, 6.07) is 9.63. The lowest BCUT2D eigenvalue weighted by atomic mass is 10.2. The molecule has 2 aromatic carbocycles. The molecule has 3 aromatic rings. The third-order valence-corrected chi connectivity index (χ3v) is 4.30. The van der Waals surface area contributed by atoms with Gasteiger partial charge in [0, 0.05) is 11.8 Å². The van der Waals surface area contributed by atoms with Gasteiger partial charge >= 0.3 is 0 Å². The Kier molecular flexibility index (Phi) is 2.87. The number of H-pyrrole nitrogens is 1. The minimum atomic E-state index is -3.36. The molecule has 7 heteroatoms. The molecule has 4 N–H and O–H groups in total. The van der Waals surface area contributed by atoms with E-state index in [-0.39, 0.29) is 16.3 Å². The largest absolute Gasteiger partial charge is 0.506 e. The average Bonchev–Trinajstić information content (AvgIpc) is 2.84. The van der Waals surface area contributed by atoms with Gasteiger partial charge in [0.25, 0.3) is 0 Å². The first-order valence-electron chi connectivity index (χ1n) is 6.14. The van der Waals surface area contributed by atoms with E-state index >= 15 is 0 Å². The van der Waals surface area contributed by atoms with Crippen LogP contribution in [0.2, 0.25) is 0 Å². The van der Waals surface area contributed by atoms with Gasteiger partial charge in [0.15, 0.2) is 9.84 Å². The number of phenols is 1. The first-order chi connectivity index (χ1) is 9.86. The summed E-state index contributed by atoms with van der Waals surface area (Å²) < 4.78 is 23.6. The lowest BCUT2D eigenvalue weighted by Crippen LogP contribution is -1.97. The molecule has 3 rings (SSSR count). The van der Waals surface area contributed by atoms with Crippen LogP contribution in [0, 0.1) is 0 Å². The van der Waals surface area contributed by atoms with Gasteiger partial charge in [-0.2, -0.15) is 0 Å². The summed E-state index contributed by atoms with van der Waals surface area (Å²) in [5.41, 5.74) is 7.58. The number of anilines is 1. The number of nitrogens with two attached hydrogens (primary N) is 1. The van der Waals surface area contributed by atoms with Gasteiger partial charge in [-0.1, -0.05) is 6.07 Å². The molecule has 21 heavy (non-hydrogen) atoms. The number of hydrogen-bond acceptors (Lipinski definition) is 5. The van der Waals surface area contributed by atoms with Crippen LogP contribution in [0.4, 0.5) is 5.69 Å². The number of aromatic nitrogens is 2. The van der Waals surface area contributed by atoms with Crippen LogP contribution in [-0.4, -0.2) is 29.7 Å². The molecular formula is C14H13N3O3S. The molecule has 0 radical (unpaired) electrons. The van der Waals surface area contributed by atoms with Gasteiger partial charge in [-0.15, -0.1) is 0 Å². The predicted octanol–water partition coefficient (Wildman–Crippen LogP) is 1.92. The molecule has 1 aromatic heterocycles. The number of nitrogens with zero attached hydrogens (tertiary/aromatic N) is 1. The predicted molar refractivity (Wildman–Crippen MR) is 80.7 cm³/mol. The second-order valence-electron chi connectivity index (χ2n) is 4.78. The standard InChI is InChI=1S/C14H13N3O3S/c1-21(19,20)12-4-2-3-10-13(12)17-14(16-10)8-5-6-11(18)9(15)7-8/h2-7,18H,15H2,1H3,(H,16,17). The van der Waals surface area contributed by atoms with Crippen molar-refractivity contribution in [2.75, 3.05) is 12.0 Å². The number of nitrogens with one attached hydrogen (secondary N) is 1. The van der Waals surface area contributed by atoms with Crippen molar-refractivity contribution in [3.63, 3.8) is 0 Å². The van der Waals surface area contributed by atoms with Crippen LogP contribution >= 0.6 is 0 Å². The molecule has 6 nitrogen and oxygen atoms in total. The van der Waals surface area contributed by atoms with Crippen molar-refractivity contribution >= 4 is 26.6 Å². The number of sulfone groups is 1. The quantitative estimate of drug-likeness (QED) is 0.495. The maximum atomic E-state index is 11.8. The minimum Gasteiger partial charge on any atom is -0.506 e. The maximum Gasteiger partial charge on any atom is 0.177 e. The van der Waals surface area contributed by atoms with Crippen LogP contribution < -0.4 is 5.73 Å². The first kappa shape index (κ1) is 13.4. The number of phenolic OH excluding ortho intramolecular Hbond substituents is 1. The van der Waals surface area contributed by atoms with Crippen LogP contribution in [0.25, 0.3) is 22.4 Å². The summed E-state index contributed by atoms with van der Waals surface area (Å²) in [7, 11) is -3.36. The van der Waals surface area contributed by atoms with Crippen molar-refractivity contribution < 1.29 is 13.5 Å². The number of fused-ring (bicyclic) bond motifs is 1. The van der Waals surface area contributed by atoms with Crippen molar-refractivity contribution in [3.8, 4) is 17.1 Å². The van der Waals surface area contributed by atoms with Gasteiger partial charge in [0.2, 0.25) is 0 Å². The highest BCUT2D eigenvalue weighted by atomic mass is 32.2. The fraction of sp³-hybridized carbons (Fsp3) is 0.0714. The average molecular weight is 303 g/mol. The van der Waals surface area contributed by atoms with E-state index in [2.05, 4.69) is 9.97 Å². The van der Waals surface area contributed by atoms with E-state index in [0.29, 0.717) is 22.4 Å². The van der Waals surface area contributed by atoms with Crippen molar-refractivity contribution in [1.82, 2.24) is 9.97 Å². The third-order valence-electron chi connectivity index (χ3n) is 3.18. The van der Waals surface area contributed by atoms with Crippen LogP contribution in [-0.2, 0) is 9.84 Å². The van der Waals surface area contributed by atoms with E-state index in [1.165, 1.54) is 12.1 Å². The SMILES string of the molecule is CS(=O)(=O)c1cccc2[nH]c(-c3ccc(O)c(N)c3)nc12. The molecule has 108 valence electrons. The van der Waals surface area contributed by atoms with E-state index in [0.717, 1.165) is 6.26 Å². The van der Waals surface area contributed by atoms with Crippen LogP contribution in [0.15, 0.2) is 41.3 Å². The molecule has 0 unspecified atom stereocenters.